The molecule has 1 aromatic heterocycles. The fraction of sp³-hybridized carbons (Fsp3) is 0.389. The summed E-state index contributed by atoms with van der Waals surface area (Å²) in [4.78, 5) is 29.9. The monoisotopic (exact) mass is 448 g/mol. The molecule has 1 fully saturated rings. The molecule has 3 rings (SSSR count). The molecule has 12 heteroatoms. The van der Waals surface area contributed by atoms with E-state index in [1.54, 1.807) is 5.38 Å². The third-order valence-electron chi connectivity index (χ3n) is 4.44. The number of halogens is 5. The van der Waals surface area contributed by atoms with Crippen LogP contribution >= 0.6 is 11.3 Å². The Bertz CT molecular complexity index is 934. The molecule has 162 valence electrons. The Morgan fingerprint density at radius 2 is 2.00 bits per heavy atom. The number of hydrogen-bond donors (Lipinski definition) is 2. The molecule has 0 radical (unpaired) electrons. The van der Waals surface area contributed by atoms with Gasteiger partial charge in [0.2, 0.25) is 11.8 Å². The number of hydrogen-bond acceptors (Lipinski definition) is 5. The number of amides is 2. The molecule has 1 aliphatic rings. The number of anilines is 1. The van der Waals surface area contributed by atoms with Gasteiger partial charge < -0.3 is 10.6 Å². The Balaban J connectivity index is 1.57. The Labute approximate surface area is 172 Å². The highest BCUT2D eigenvalue weighted by atomic mass is 32.1. The standard InChI is InChI=1S/C18H17F5N4O2S/c19-11-4-3-10(6-12(11)20)13-8-30-17(25-13)26-15(28)7-27-5-1-2-14(27)16(29)24-9-18(21,22)23/h3-4,6,8,14H,1-2,5,7,9H2,(H,24,29)(H,25,26,28). The Kier molecular flexibility index (Phi) is 6.66. The second-order valence-corrected chi connectivity index (χ2v) is 7.53. The van der Waals surface area contributed by atoms with E-state index >= 15 is 0 Å². The molecular formula is C18H17F5N4O2S. The zero-order chi connectivity index (χ0) is 21.9. The first kappa shape index (κ1) is 22.1. The maximum absolute atomic E-state index is 13.4. The van der Waals surface area contributed by atoms with E-state index in [1.807, 2.05) is 5.32 Å². The van der Waals surface area contributed by atoms with Crippen LogP contribution in [0.15, 0.2) is 23.6 Å². The highest BCUT2D eigenvalue weighted by Gasteiger charge is 2.34. The molecule has 0 bridgehead atoms. The number of carbonyl (C=O) groups excluding carboxylic acids is 2. The van der Waals surface area contributed by atoms with Crippen LogP contribution in [0.5, 0.6) is 0 Å². The van der Waals surface area contributed by atoms with E-state index in [0.717, 1.165) is 23.5 Å². The Hall–Kier alpha value is -2.60. The minimum atomic E-state index is -4.51. The summed E-state index contributed by atoms with van der Waals surface area (Å²) in [6.45, 7) is -1.21. The minimum Gasteiger partial charge on any atom is -0.346 e. The van der Waals surface area contributed by atoms with Gasteiger partial charge in [0.25, 0.3) is 0 Å². The molecule has 1 aliphatic heterocycles. The molecule has 2 heterocycles. The number of thiazole rings is 1. The minimum absolute atomic E-state index is 0.190. The van der Waals surface area contributed by atoms with Crippen molar-refractivity contribution in [3.63, 3.8) is 0 Å². The van der Waals surface area contributed by atoms with Gasteiger partial charge in [0, 0.05) is 10.9 Å². The lowest BCUT2D eigenvalue weighted by Gasteiger charge is -2.23. The van der Waals surface area contributed by atoms with Crippen LogP contribution in [0.1, 0.15) is 12.8 Å². The van der Waals surface area contributed by atoms with Gasteiger partial charge in [-0.15, -0.1) is 11.3 Å². The molecule has 1 aromatic carbocycles. The van der Waals surface area contributed by atoms with Crippen molar-refractivity contribution < 1.29 is 31.5 Å². The summed E-state index contributed by atoms with van der Waals surface area (Å²) < 4.78 is 63.2. The second kappa shape index (κ2) is 9.04. The van der Waals surface area contributed by atoms with Crippen LogP contribution in [0.25, 0.3) is 11.3 Å². The molecule has 0 aliphatic carbocycles. The number of benzene rings is 1. The van der Waals surface area contributed by atoms with E-state index in [9.17, 15) is 31.5 Å². The van der Waals surface area contributed by atoms with Gasteiger partial charge in [-0.1, -0.05) is 0 Å². The van der Waals surface area contributed by atoms with E-state index in [4.69, 9.17) is 0 Å². The highest BCUT2D eigenvalue weighted by molar-refractivity contribution is 7.14. The van der Waals surface area contributed by atoms with E-state index in [0.29, 0.717) is 30.6 Å². The molecule has 2 amide bonds. The number of nitrogens with one attached hydrogen (secondary N) is 2. The average Bonchev–Trinajstić information content (AvgIpc) is 3.31. The van der Waals surface area contributed by atoms with Crippen molar-refractivity contribution in [2.75, 3.05) is 25.0 Å². The van der Waals surface area contributed by atoms with E-state index in [-0.39, 0.29) is 11.7 Å². The summed E-state index contributed by atoms with van der Waals surface area (Å²) in [5, 5.41) is 6.17. The third-order valence-corrected chi connectivity index (χ3v) is 5.20. The van der Waals surface area contributed by atoms with Gasteiger partial charge in [0.05, 0.1) is 18.3 Å². The lowest BCUT2D eigenvalue weighted by Crippen LogP contribution is -2.47. The molecule has 2 N–H and O–H groups in total. The molecular weight excluding hydrogens is 431 g/mol. The molecule has 2 aromatic rings. The Morgan fingerprint density at radius 3 is 2.70 bits per heavy atom. The maximum Gasteiger partial charge on any atom is 0.405 e. The number of rotatable bonds is 6. The predicted octanol–water partition coefficient (Wildman–Crippen LogP) is 3.17. The van der Waals surface area contributed by atoms with Crippen molar-refractivity contribution in [2.24, 2.45) is 0 Å². The summed E-state index contributed by atoms with van der Waals surface area (Å²) in [5.41, 5.74) is 0.686. The van der Waals surface area contributed by atoms with Crippen molar-refractivity contribution in [2.45, 2.75) is 25.1 Å². The zero-order valence-corrected chi connectivity index (χ0v) is 16.2. The second-order valence-electron chi connectivity index (χ2n) is 6.68. The quantitative estimate of drug-likeness (QED) is 0.666. The summed E-state index contributed by atoms with van der Waals surface area (Å²) >= 11 is 1.08. The van der Waals surface area contributed by atoms with Gasteiger partial charge in [0.1, 0.15) is 6.54 Å². The normalized spacial score (nSPS) is 17.2. The summed E-state index contributed by atoms with van der Waals surface area (Å²) in [7, 11) is 0. The van der Waals surface area contributed by atoms with Crippen LogP contribution in [0.2, 0.25) is 0 Å². The Morgan fingerprint density at radius 1 is 1.23 bits per heavy atom. The van der Waals surface area contributed by atoms with E-state index in [1.165, 1.54) is 11.0 Å². The van der Waals surface area contributed by atoms with Gasteiger partial charge in [-0.05, 0) is 37.6 Å². The highest BCUT2D eigenvalue weighted by Crippen LogP contribution is 2.26. The molecule has 0 spiro atoms. The SMILES string of the molecule is O=C(CN1CCCC1C(=O)NCC(F)(F)F)Nc1nc(-c2ccc(F)c(F)c2)cs1. The van der Waals surface area contributed by atoms with Gasteiger partial charge in [-0.2, -0.15) is 13.2 Å². The van der Waals surface area contributed by atoms with Gasteiger partial charge in [0.15, 0.2) is 16.8 Å². The number of aromatic nitrogens is 1. The largest absolute Gasteiger partial charge is 0.405 e. The lowest BCUT2D eigenvalue weighted by atomic mass is 10.2. The predicted molar refractivity (Wildman–Crippen MR) is 99.8 cm³/mol. The van der Waals surface area contributed by atoms with Crippen LogP contribution in [0.4, 0.5) is 27.1 Å². The fourth-order valence-corrected chi connectivity index (χ4v) is 3.82. The van der Waals surface area contributed by atoms with Crippen LogP contribution in [-0.2, 0) is 9.59 Å². The van der Waals surface area contributed by atoms with Crippen molar-refractivity contribution in [3.8, 4) is 11.3 Å². The van der Waals surface area contributed by atoms with Crippen molar-refractivity contribution in [1.29, 1.82) is 0 Å². The number of carbonyl (C=O) groups is 2. The molecule has 1 saturated heterocycles. The first-order valence-electron chi connectivity index (χ1n) is 8.92. The smallest absolute Gasteiger partial charge is 0.346 e. The van der Waals surface area contributed by atoms with E-state index < -0.39 is 42.2 Å². The van der Waals surface area contributed by atoms with Crippen LogP contribution < -0.4 is 10.6 Å². The number of nitrogens with zero attached hydrogens (tertiary/aromatic N) is 2. The lowest BCUT2D eigenvalue weighted by molar-refractivity contribution is -0.141. The van der Waals surface area contributed by atoms with Gasteiger partial charge >= 0.3 is 6.18 Å². The average molecular weight is 448 g/mol. The van der Waals surface area contributed by atoms with Crippen molar-refractivity contribution in [1.82, 2.24) is 15.2 Å². The zero-order valence-electron chi connectivity index (χ0n) is 15.4. The molecule has 1 atom stereocenters. The molecule has 1 unspecified atom stereocenters. The van der Waals surface area contributed by atoms with Crippen LogP contribution in [0.3, 0.4) is 0 Å². The first-order valence-corrected chi connectivity index (χ1v) is 9.79. The molecule has 30 heavy (non-hydrogen) atoms. The summed E-state index contributed by atoms with van der Waals surface area (Å²) in [5.74, 6) is -3.26. The summed E-state index contributed by atoms with van der Waals surface area (Å²) in [6.07, 6.45) is -3.57. The van der Waals surface area contributed by atoms with Gasteiger partial charge in [-0.25, -0.2) is 13.8 Å². The van der Waals surface area contributed by atoms with Crippen molar-refractivity contribution in [3.05, 3.63) is 35.2 Å². The number of alkyl halides is 3. The summed E-state index contributed by atoms with van der Waals surface area (Å²) in [6, 6.07) is 2.50. The maximum atomic E-state index is 13.4. The fourth-order valence-electron chi connectivity index (χ4n) is 3.08. The van der Waals surface area contributed by atoms with E-state index in [2.05, 4.69) is 10.3 Å². The number of likely N-dealkylation sites (tertiary alicyclic amines) is 1. The van der Waals surface area contributed by atoms with Crippen molar-refractivity contribution >= 4 is 28.3 Å². The third kappa shape index (κ3) is 5.72. The first-order chi connectivity index (χ1) is 14.1. The molecule has 0 saturated carbocycles. The van der Waals surface area contributed by atoms with Gasteiger partial charge in [-0.3, -0.25) is 14.5 Å². The van der Waals surface area contributed by atoms with Crippen LogP contribution in [-0.4, -0.2) is 53.6 Å². The van der Waals surface area contributed by atoms with Crippen LogP contribution in [0, 0.1) is 11.6 Å². The molecule has 6 nitrogen and oxygen atoms in total. The topological polar surface area (TPSA) is 74.3 Å².